The molecule has 0 aliphatic rings. The van der Waals surface area contributed by atoms with Crippen molar-refractivity contribution >= 4 is 32.7 Å². The van der Waals surface area contributed by atoms with Crippen LogP contribution in [0.25, 0.3) is 10.9 Å². The highest BCUT2D eigenvalue weighted by molar-refractivity contribution is 9.10. The lowest BCUT2D eigenvalue weighted by Crippen LogP contribution is -1.91. The van der Waals surface area contributed by atoms with E-state index in [9.17, 15) is 0 Å². The number of anilines is 1. The highest BCUT2D eigenvalue weighted by Gasteiger charge is 2.02. The number of nitrogen functional groups attached to an aromatic ring is 1. The average Bonchev–Trinajstić information content (AvgIpc) is 2.12. The summed E-state index contributed by atoms with van der Waals surface area (Å²) in [5.74, 6) is 0.554. The molecule has 0 spiro atoms. The molecule has 3 heteroatoms. The monoisotopic (exact) mass is 236 g/mol. The zero-order valence-corrected chi connectivity index (χ0v) is 8.80. The van der Waals surface area contributed by atoms with Gasteiger partial charge in [-0.25, -0.2) is 4.98 Å². The largest absolute Gasteiger partial charge is 0.384 e. The molecule has 1 aromatic heterocycles. The van der Waals surface area contributed by atoms with Crippen LogP contribution in [0.5, 0.6) is 0 Å². The molecule has 0 amide bonds. The van der Waals surface area contributed by atoms with Crippen LogP contribution in [0, 0.1) is 6.92 Å². The molecule has 1 aromatic carbocycles. The summed E-state index contributed by atoms with van der Waals surface area (Å²) in [5.41, 5.74) is 7.76. The van der Waals surface area contributed by atoms with Crippen LogP contribution in [0.1, 0.15) is 5.56 Å². The molecule has 2 N–H and O–H groups in total. The van der Waals surface area contributed by atoms with E-state index >= 15 is 0 Å². The van der Waals surface area contributed by atoms with Gasteiger partial charge in [-0.2, -0.15) is 0 Å². The van der Waals surface area contributed by atoms with Gasteiger partial charge in [0.05, 0.1) is 5.52 Å². The number of hydrogen-bond acceptors (Lipinski definition) is 2. The van der Waals surface area contributed by atoms with Gasteiger partial charge in [0.2, 0.25) is 0 Å². The highest BCUT2D eigenvalue weighted by Crippen LogP contribution is 2.25. The predicted octanol–water partition coefficient (Wildman–Crippen LogP) is 2.89. The van der Waals surface area contributed by atoms with E-state index in [4.69, 9.17) is 5.73 Å². The Morgan fingerprint density at radius 3 is 2.77 bits per heavy atom. The molecule has 2 rings (SSSR count). The van der Waals surface area contributed by atoms with Gasteiger partial charge in [-0.3, -0.25) is 0 Å². The molecule has 0 saturated heterocycles. The lowest BCUT2D eigenvalue weighted by Gasteiger charge is -2.03. The standard InChI is InChI=1S/C10H9BrN2/c1-6-2-4-8(11)10-7(6)3-5-9(12)13-10/h2-5H,1H3,(H2,12,13). The van der Waals surface area contributed by atoms with E-state index in [0.29, 0.717) is 5.82 Å². The molecule has 0 unspecified atom stereocenters. The van der Waals surface area contributed by atoms with Crippen molar-refractivity contribution in [1.82, 2.24) is 4.98 Å². The van der Waals surface area contributed by atoms with E-state index in [0.717, 1.165) is 15.4 Å². The maximum Gasteiger partial charge on any atom is 0.124 e. The molecule has 0 fully saturated rings. The summed E-state index contributed by atoms with van der Waals surface area (Å²) in [6.07, 6.45) is 0. The molecule has 1 heterocycles. The second-order valence-corrected chi connectivity index (χ2v) is 3.85. The first kappa shape index (κ1) is 8.51. The maximum atomic E-state index is 5.61. The Morgan fingerprint density at radius 1 is 1.23 bits per heavy atom. The molecule has 0 radical (unpaired) electrons. The molecule has 0 saturated carbocycles. The quantitative estimate of drug-likeness (QED) is 0.765. The molecule has 13 heavy (non-hydrogen) atoms. The van der Waals surface area contributed by atoms with Crippen LogP contribution >= 0.6 is 15.9 Å². The summed E-state index contributed by atoms with van der Waals surface area (Å²) < 4.78 is 0.986. The van der Waals surface area contributed by atoms with Gasteiger partial charge in [0, 0.05) is 9.86 Å². The Hall–Kier alpha value is -1.09. The second kappa shape index (κ2) is 3.00. The van der Waals surface area contributed by atoms with E-state index in [1.807, 2.05) is 18.2 Å². The Morgan fingerprint density at radius 2 is 2.00 bits per heavy atom. The molecule has 66 valence electrons. The Labute approximate surface area is 84.9 Å². The summed E-state index contributed by atoms with van der Waals surface area (Å²) in [5, 5.41) is 1.14. The first-order valence-corrected chi connectivity index (χ1v) is 4.79. The predicted molar refractivity (Wildman–Crippen MR) is 58.6 cm³/mol. The van der Waals surface area contributed by atoms with E-state index in [2.05, 4.69) is 33.9 Å². The lowest BCUT2D eigenvalue weighted by atomic mass is 10.1. The number of aromatic nitrogens is 1. The van der Waals surface area contributed by atoms with Crippen molar-refractivity contribution in [2.24, 2.45) is 0 Å². The normalized spacial score (nSPS) is 10.6. The van der Waals surface area contributed by atoms with Crippen molar-refractivity contribution in [3.05, 3.63) is 34.3 Å². The van der Waals surface area contributed by atoms with Crippen LogP contribution in [-0.2, 0) is 0 Å². The second-order valence-electron chi connectivity index (χ2n) is 3.00. The number of nitrogens with zero attached hydrogens (tertiary/aromatic N) is 1. The van der Waals surface area contributed by atoms with Gasteiger partial charge in [-0.15, -0.1) is 0 Å². The number of aryl methyl sites for hydroxylation is 1. The first-order valence-electron chi connectivity index (χ1n) is 4.00. The van der Waals surface area contributed by atoms with Crippen molar-refractivity contribution in [2.45, 2.75) is 6.92 Å². The van der Waals surface area contributed by atoms with Crippen molar-refractivity contribution in [1.29, 1.82) is 0 Å². The number of halogens is 1. The fourth-order valence-electron chi connectivity index (χ4n) is 1.34. The number of benzene rings is 1. The number of hydrogen-bond donors (Lipinski definition) is 1. The van der Waals surface area contributed by atoms with Gasteiger partial charge in [0.15, 0.2) is 0 Å². The lowest BCUT2D eigenvalue weighted by molar-refractivity contribution is 1.38. The van der Waals surface area contributed by atoms with Gasteiger partial charge in [0.25, 0.3) is 0 Å². The van der Waals surface area contributed by atoms with E-state index < -0.39 is 0 Å². The van der Waals surface area contributed by atoms with Crippen LogP contribution in [0.15, 0.2) is 28.7 Å². The SMILES string of the molecule is Cc1ccc(Br)c2nc(N)ccc12. The molecule has 2 nitrogen and oxygen atoms in total. The summed E-state index contributed by atoms with van der Waals surface area (Å²) >= 11 is 3.45. The van der Waals surface area contributed by atoms with Gasteiger partial charge in [-0.1, -0.05) is 6.07 Å². The summed E-state index contributed by atoms with van der Waals surface area (Å²) in [7, 11) is 0. The van der Waals surface area contributed by atoms with Crippen LogP contribution in [0.4, 0.5) is 5.82 Å². The van der Waals surface area contributed by atoms with Crippen LogP contribution in [0.3, 0.4) is 0 Å². The summed E-state index contributed by atoms with van der Waals surface area (Å²) in [6, 6.07) is 7.87. The van der Waals surface area contributed by atoms with Crippen molar-refractivity contribution in [2.75, 3.05) is 5.73 Å². The third-order valence-electron chi connectivity index (χ3n) is 2.05. The third-order valence-corrected chi connectivity index (χ3v) is 2.69. The number of pyridine rings is 1. The minimum atomic E-state index is 0.554. The van der Waals surface area contributed by atoms with Crippen LogP contribution in [-0.4, -0.2) is 4.98 Å². The zero-order valence-electron chi connectivity index (χ0n) is 7.21. The zero-order chi connectivity index (χ0) is 9.42. The Bertz CT molecular complexity index is 466. The molecule has 0 bridgehead atoms. The number of fused-ring (bicyclic) bond motifs is 1. The third kappa shape index (κ3) is 1.40. The van der Waals surface area contributed by atoms with E-state index in [1.54, 1.807) is 0 Å². The van der Waals surface area contributed by atoms with Gasteiger partial charge < -0.3 is 5.73 Å². The van der Waals surface area contributed by atoms with Gasteiger partial charge in [-0.05, 0) is 46.6 Å². The Balaban J connectivity index is 2.92. The average molecular weight is 237 g/mol. The fraction of sp³-hybridized carbons (Fsp3) is 0.100. The molecule has 0 atom stereocenters. The van der Waals surface area contributed by atoms with Crippen molar-refractivity contribution < 1.29 is 0 Å². The van der Waals surface area contributed by atoms with Crippen molar-refractivity contribution in [3.8, 4) is 0 Å². The minimum Gasteiger partial charge on any atom is -0.384 e. The molecule has 0 aliphatic carbocycles. The fourth-order valence-corrected chi connectivity index (χ4v) is 1.78. The molecular weight excluding hydrogens is 228 g/mol. The topological polar surface area (TPSA) is 38.9 Å². The summed E-state index contributed by atoms with van der Waals surface area (Å²) in [6.45, 7) is 2.06. The van der Waals surface area contributed by atoms with Crippen molar-refractivity contribution in [3.63, 3.8) is 0 Å². The summed E-state index contributed by atoms with van der Waals surface area (Å²) in [4.78, 5) is 4.27. The van der Waals surface area contributed by atoms with Gasteiger partial charge in [0.1, 0.15) is 5.82 Å². The Kier molecular flexibility index (Phi) is 1.96. The number of nitrogens with two attached hydrogens (primary N) is 1. The molecule has 0 aliphatic heterocycles. The molecule has 2 aromatic rings. The highest BCUT2D eigenvalue weighted by atomic mass is 79.9. The maximum absolute atomic E-state index is 5.61. The van der Waals surface area contributed by atoms with E-state index in [-0.39, 0.29) is 0 Å². The number of rotatable bonds is 0. The van der Waals surface area contributed by atoms with Gasteiger partial charge >= 0.3 is 0 Å². The van der Waals surface area contributed by atoms with Crippen LogP contribution in [0.2, 0.25) is 0 Å². The molecular formula is C10H9BrN2. The van der Waals surface area contributed by atoms with E-state index in [1.165, 1.54) is 5.56 Å². The first-order chi connectivity index (χ1) is 6.18. The minimum absolute atomic E-state index is 0.554. The van der Waals surface area contributed by atoms with Crippen LogP contribution < -0.4 is 5.73 Å². The smallest absolute Gasteiger partial charge is 0.124 e.